The zero-order valence-electron chi connectivity index (χ0n) is 8.90. The maximum absolute atomic E-state index is 11.5. The van der Waals surface area contributed by atoms with Crippen molar-refractivity contribution in [1.82, 2.24) is 0 Å². The molecule has 0 aromatic heterocycles. The number of carbonyl (C=O) groups excluding carboxylic acids is 1. The van der Waals surface area contributed by atoms with Gasteiger partial charge in [-0.1, -0.05) is 13.0 Å². The third kappa shape index (κ3) is 1.72. The molecule has 1 aromatic carbocycles. The minimum absolute atomic E-state index is 0.0821. The van der Waals surface area contributed by atoms with Gasteiger partial charge in [0.05, 0.1) is 6.07 Å². The van der Waals surface area contributed by atoms with Crippen molar-refractivity contribution >= 4 is 5.78 Å². The largest absolute Gasteiger partial charge is 0.454 e. The molecule has 16 heavy (non-hydrogen) atoms. The Bertz CT molecular complexity index is 462. The van der Waals surface area contributed by atoms with E-state index in [-0.39, 0.29) is 12.6 Å². The number of rotatable bonds is 3. The number of ketones is 1. The highest BCUT2D eigenvalue weighted by molar-refractivity contribution is 5.88. The number of Topliss-reactive ketones (excluding diaryl/α,β-unsaturated/α-hetero) is 1. The molecule has 82 valence electrons. The first-order valence-corrected chi connectivity index (χ1v) is 5.08. The summed E-state index contributed by atoms with van der Waals surface area (Å²) in [4.78, 5) is 11.5. The van der Waals surface area contributed by atoms with Crippen LogP contribution < -0.4 is 9.47 Å². The fraction of sp³-hybridized carbons (Fsp3) is 0.333. The van der Waals surface area contributed by atoms with E-state index in [9.17, 15) is 4.79 Å². The summed E-state index contributed by atoms with van der Waals surface area (Å²) in [5.74, 6) is 0.465. The molecule has 0 saturated heterocycles. The molecule has 0 N–H and O–H groups in total. The minimum Gasteiger partial charge on any atom is -0.454 e. The maximum Gasteiger partial charge on any atom is 0.231 e. The van der Waals surface area contributed by atoms with Crippen molar-refractivity contribution < 1.29 is 14.3 Å². The Kier molecular flexibility index (Phi) is 2.78. The molecular formula is C12H11NO3. The van der Waals surface area contributed by atoms with Crippen LogP contribution in [0.3, 0.4) is 0 Å². The van der Waals surface area contributed by atoms with Crippen molar-refractivity contribution in [2.24, 2.45) is 0 Å². The summed E-state index contributed by atoms with van der Waals surface area (Å²) in [5, 5.41) is 8.99. The monoisotopic (exact) mass is 217 g/mol. The van der Waals surface area contributed by atoms with Crippen LogP contribution in [-0.4, -0.2) is 12.6 Å². The molecule has 0 bridgehead atoms. The van der Waals surface area contributed by atoms with Crippen LogP contribution in [0.15, 0.2) is 18.2 Å². The zero-order chi connectivity index (χ0) is 11.5. The van der Waals surface area contributed by atoms with Crippen LogP contribution in [0.2, 0.25) is 0 Å². The van der Waals surface area contributed by atoms with E-state index in [1.165, 1.54) is 0 Å². The van der Waals surface area contributed by atoms with Gasteiger partial charge in [-0.2, -0.15) is 5.26 Å². The first-order valence-electron chi connectivity index (χ1n) is 5.08. The lowest BCUT2D eigenvalue weighted by Gasteiger charge is -2.07. The van der Waals surface area contributed by atoms with Gasteiger partial charge in [0.1, 0.15) is 5.92 Å². The van der Waals surface area contributed by atoms with E-state index in [0.29, 0.717) is 23.5 Å². The highest BCUT2D eigenvalue weighted by Gasteiger charge is 2.21. The van der Waals surface area contributed by atoms with Crippen molar-refractivity contribution in [2.75, 3.05) is 6.79 Å². The topological polar surface area (TPSA) is 59.3 Å². The van der Waals surface area contributed by atoms with E-state index in [1.807, 2.05) is 6.07 Å². The Morgan fingerprint density at radius 1 is 1.50 bits per heavy atom. The summed E-state index contributed by atoms with van der Waals surface area (Å²) >= 11 is 0. The van der Waals surface area contributed by atoms with Crippen LogP contribution in [0.25, 0.3) is 0 Å². The lowest BCUT2D eigenvalue weighted by molar-refractivity contribution is -0.119. The Hall–Kier alpha value is -2.02. The molecule has 0 amide bonds. The SMILES string of the molecule is CCC(=O)C(C#N)c1ccc2c(c1)OCO2. The lowest BCUT2D eigenvalue weighted by atomic mass is 9.94. The van der Waals surface area contributed by atoms with Gasteiger partial charge in [0.2, 0.25) is 6.79 Å². The molecule has 2 rings (SSSR count). The number of hydrogen-bond acceptors (Lipinski definition) is 4. The predicted molar refractivity (Wildman–Crippen MR) is 56.2 cm³/mol. The zero-order valence-corrected chi connectivity index (χ0v) is 8.90. The van der Waals surface area contributed by atoms with Crippen LogP contribution >= 0.6 is 0 Å². The second-order valence-electron chi connectivity index (χ2n) is 3.49. The number of fused-ring (bicyclic) bond motifs is 1. The van der Waals surface area contributed by atoms with Gasteiger partial charge >= 0.3 is 0 Å². The summed E-state index contributed by atoms with van der Waals surface area (Å²) < 4.78 is 10.4. The molecule has 0 saturated carbocycles. The van der Waals surface area contributed by atoms with Crippen molar-refractivity contribution in [3.63, 3.8) is 0 Å². The molecule has 1 atom stereocenters. The molecule has 0 radical (unpaired) electrons. The van der Waals surface area contributed by atoms with Crippen LogP contribution in [0.1, 0.15) is 24.8 Å². The van der Waals surface area contributed by atoms with E-state index in [2.05, 4.69) is 0 Å². The fourth-order valence-electron chi connectivity index (χ4n) is 1.63. The molecular weight excluding hydrogens is 206 g/mol. The number of ether oxygens (including phenoxy) is 2. The normalized spacial score (nSPS) is 14.2. The lowest BCUT2D eigenvalue weighted by Crippen LogP contribution is -2.09. The average molecular weight is 217 g/mol. The summed E-state index contributed by atoms with van der Waals surface area (Å²) in [6.45, 7) is 1.94. The summed E-state index contributed by atoms with van der Waals surface area (Å²) in [6, 6.07) is 7.17. The molecule has 0 aliphatic carbocycles. The summed E-state index contributed by atoms with van der Waals surface area (Å²) in [6.07, 6.45) is 0.354. The van der Waals surface area contributed by atoms with Crippen LogP contribution in [-0.2, 0) is 4.79 Å². The summed E-state index contributed by atoms with van der Waals surface area (Å²) in [5.41, 5.74) is 0.665. The van der Waals surface area contributed by atoms with Crippen molar-refractivity contribution in [1.29, 1.82) is 5.26 Å². The van der Waals surface area contributed by atoms with Gasteiger partial charge in [0, 0.05) is 6.42 Å². The molecule has 1 aliphatic heterocycles. The molecule has 1 heterocycles. The van der Waals surface area contributed by atoms with Gasteiger partial charge < -0.3 is 9.47 Å². The summed E-state index contributed by atoms with van der Waals surface area (Å²) in [7, 11) is 0. The second kappa shape index (κ2) is 4.23. The highest BCUT2D eigenvalue weighted by atomic mass is 16.7. The van der Waals surface area contributed by atoms with Gasteiger partial charge in [-0.25, -0.2) is 0 Å². The van der Waals surface area contributed by atoms with Crippen molar-refractivity contribution in [3.8, 4) is 17.6 Å². The first-order chi connectivity index (χ1) is 7.76. The van der Waals surface area contributed by atoms with E-state index in [4.69, 9.17) is 14.7 Å². The third-order valence-electron chi connectivity index (χ3n) is 2.53. The molecule has 1 aliphatic rings. The maximum atomic E-state index is 11.5. The quantitative estimate of drug-likeness (QED) is 0.776. The van der Waals surface area contributed by atoms with Crippen LogP contribution in [0.4, 0.5) is 0 Å². The molecule has 1 unspecified atom stereocenters. The predicted octanol–water partition coefficient (Wildman–Crippen LogP) is 2.00. The van der Waals surface area contributed by atoms with Crippen LogP contribution in [0, 0.1) is 11.3 Å². The van der Waals surface area contributed by atoms with Crippen molar-refractivity contribution in [2.45, 2.75) is 19.3 Å². The molecule has 0 spiro atoms. The minimum atomic E-state index is -0.709. The van der Waals surface area contributed by atoms with E-state index >= 15 is 0 Å². The van der Waals surface area contributed by atoms with Gasteiger partial charge in [0.15, 0.2) is 17.3 Å². The smallest absolute Gasteiger partial charge is 0.231 e. The van der Waals surface area contributed by atoms with Gasteiger partial charge in [0.25, 0.3) is 0 Å². The highest BCUT2D eigenvalue weighted by Crippen LogP contribution is 2.34. The first kappa shape index (κ1) is 10.5. The molecule has 1 aromatic rings. The molecule has 4 nitrogen and oxygen atoms in total. The Morgan fingerprint density at radius 2 is 2.25 bits per heavy atom. The van der Waals surface area contributed by atoms with E-state index < -0.39 is 5.92 Å². The average Bonchev–Trinajstić information content (AvgIpc) is 2.77. The Labute approximate surface area is 93.4 Å². The molecule has 4 heteroatoms. The Morgan fingerprint density at radius 3 is 2.94 bits per heavy atom. The van der Waals surface area contributed by atoms with Crippen molar-refractivity contribution in [3.05, 3.63) is 23.8 Å². The van der Waals surface area contributed by atoms with E-state index in [1.54, 1.807) is 25.1 Å². The number of nitriles is 1. The number of carbonyl (C=O) groups is 1. The van der Waals surface area contributed by atoms with Gasteiger partial charge in [-0.05, 0) is 17.7 Å². The van der Waals surface area contributed by atoms with E-state index in [0.717, 1.165) is 0 Å². The third-order valence-corrected chi connectivity index (χ3v) is 2.53. The number of benzene rings is 1. The number of nitrogens with zero attached hydrogens (tertiary/aromatic N) is 1. The Balaban J connectivity index is 2.33. The van der Waals surface area contributed by atoms with Gasteiger partial charge in [-0.3, -0.25) is 4.79 Å². The van der Waals surface area contributed by atoms with Crippen LogP contribution in [0.5, 0.6) is 11.5 Å². The fourth-order valence-corrected chi connectivity index (χ4v) is 1.63. The molecule has 0 fully saturated rings. The second-order valence-corrected chi connectivity index (χ2v) is 3.49. The number of hydrogen-bond donors (Lipinski definition) is 0. The standard InChI is InChI=1S/C12H11NO3/c1-2-10(14)9(6-13)8-3-4-11-12(5-8)16-7-15-11/h3-5,9H,2,7H2,1H3. The van der Waals surface area contributed by atoms with Gasteiger partial charge in [-0.15, -0.1) is 0 Å².